The molecule has 0 spiro atoms. The maximum atomic E-state index is 13.7. The second-order valence-corrected chi connectivity index (χ2v) is 8.49. The third-order valence-corrected chi connectivity index (χ3v) is 6.00. The Morgan fingerprint density at radius 2 is 1.86 bits per heavy atom. The molecule has 1 amide bonds. The van der Waals surface area contributed by atoms with Crippen molar-refractivity contribution < 1.29 is 18.0 Å². The molecule has 0 radical (unpaired) electrons. The quantitative estimate of drug-likeness (QED) is 0.455. The van der Waals surface area contributed by atoms with E-state index in [9.17, 15) is 18.0 Å². The van der Waals surface area contributed by atoms with E-state index in [1.54, 1.807) is 12.1 Å². The molecule has 3 rings (SSSR count). The molecule has 0 saturated carbocycles. The van der Waals surface area contributed by atoms with Gasteiger partial charge in [-0.1, -0.05) is 35.2 Å². The van der Waals surface area contributed by atoms with Crippen LogP contribution in [0.25, 0.3) is 0 Å². The first kappa shape index (κ1) is 20.6. The number of hydrogen-bond acceptors (Lipinski definition) is 6. The highest BCUT2D eigenvalue weighted by atomic mass is 79.9. The molecule has 0 aliphatic heterocycles. The van der Waals surface area contributed by atoms with Gasteiger partial charge in [0.1, 0.15) is 11.6 Å². The number of amides is 1. The van der Waals surface area contributed by atoms with Gasteiger partial charge in [-0.15, -0.1) is 10.2 Å². The van der Waals surface area contributed by atoms with Crippen LogP contribution in [0.1, 0.15) is 5.56 Å². The Bertz CT molecular complexity index is 962. The van der Waals surface area contributed by atoms with Crippen LogP contribution in [0.2, 0.25) is 0 Å². The fourth-order valence-electron chi connectivity index (χ4n) is 2.08. The van der Waals surface area contributed by atoms with Gasteiger partial charge in [-0.25, -0.2) is 13.2 Å². The molecule has 0 aliphatic rings. The summed E-state index contributed by atoms with van der Waals surface area (Å²) >= 11 is 5.41. The van der Waals surface area contributed by atoms with Crippen LogP contribution in [-0.2, 0) is 11.3 Å². The van der Waals surface area contributed by atoms with Crippen molar-refractivity contribution in [2.45, 2.75) is 10.9 Å². The predicted molar refractivity (Wildman–Crippen MR) is 107 cm³/mol. The number of nitrogens with one attached hydrogen (secondary N) is 2. The van der Waals surface area contributed by atoms with Crippen molar-refractivity contribution in [1.82, 2.24) is 10.2 Å². The average Bonchev–Trinajstić information content (AvgIpc) is 3.10. The Hall–Kier alpha value is -2.11. The van der Waals surface area contributed by atoms with Gasteiger partial charge in [-0.05, 0) is 39.7 Å². The summed E-state index contributed by atoms with van der Waals surface area (Å²) in [5.41, 5.74) is 0.767. The van der Waals surface area contributed by atoms with E-state index < -0.39 is 17.5 Å². The highest BCUT2D eigenvalue weighted by Gasteiger charge is 2.14. The van der Waals surface area contributed by atoms with Gasteiger partial charge in [0.05, 0.1) is 11.4 Å². The van der Waals surface area contributed by atoms with E-state index in [1.165, 1.54) is 23.5 Å². The number of aromatic nitrogens is 2. The molecule has 0 aliphatic carbocycles. The number of benzene rings is 2. The molecule has 2 aromatic carbocycles. The third kappa shape index (κ3) is 5.69. The maximum absolute atomic E-state index is 13.7. The molecule has 146 valence electrons. The van der Waals surface area contributed by atoms with E-state index in [-0.39, 0.29) is 21.7 Å². The Morgan fingerprint density at radius 1 is 1.11 bits per heavy atom. The smallest absolute Gasteiger partial charge is 0.234 e. The zero-order valence-corrected chi connectivity index (χ0v) is 17.2. The molecule has 0 fully saturated rings. The minimum Gasteiger partial charge on any atom is -0.356 e. The number of anilines is 2. The number of thioether (sulfide) groups is 1. The molecule has 5 nitrogen and oxygen atoms in total. The van der Waals surface area contributed by atoms with Crippen LogP contribution >= 0.6 is 39.0 Å². The topological polar surface area (TPSA) is 66.9 Å². The Balaban J connectivity index is 1.50. The summed E-state index contributed by atoms with van der Waals surface area (Å²) < 4.78 is 40.4. The average molecular weight is 489 g/mol. The van der Waals surface area contributed by atoms with Crippen LogP contribution in [0.5, 0.6) is 0 Å². The van der Waals surface area contributed by atoms with Crippen LogP contribution in [0, 0.1) is 17.5 Å². The first-order valence-electron chi connectivity index (χ1n) is 7.80. The van der Waals surface area contributed by atoms with Crippen molar-refractivity contribution in [3.8, 4) is 0 Å². The lowest BCUT2D eigenvalue weighted by Gasteiger charge is -2.08. The monoisotopic (exact) mass is 488 g/mol. The molecule has 1 aromatic heterocycles. The van der Waals surface area contributed by atoms with E-state index in [2.05, 4.69) is 36.8 Å². The van der Waals surface area contributed by atoms with Gasteiger partial charge in [0.25, 0.3) is 0 Å². The fraction of sp³-hybridized carbons (Fsp3) is 0.118. The Kier molecular flexibility index (Phi) is 6.92. The van der Waals surface area contributed by atoms with Crippen LogP contribution in [-0.4, -0.2) is 21.9 Å². The van der Waals surface area contributed by atoms with Crippen LogP contribution < -0.4 is 10.6 Å². The van der Waals surface area contributed by atoms with Crippen LogP contribution in [0.4, 0.5) is 24.0 Å². The van der Waals surface area contributed by atoms with E-state index in [4.69, 9.17) is 0 Å². The maximum Gasteiger partial charge on any atom is 0.234 e. The van der Waals surface area contributed by atoms with Crippen molar-refractivity contribution in [3.05, 3.63) is 63.9 Å². The summed E-state index contributed by atoms with van der Waals surface area (Å²) in [6, 6.07) is 7.83. The molecule has 0 bridgehead atoms. The molecule has 2 N–H and O–H groups in total. The molecule has 3 aromatic rings. The second kappa shape index (κ2) is 9.39. The van der Waals surface area contributed by atoms with Crippen LogP contribution in [0.3, 0.4) is 0 Å². The summed E-state index contributed by atoms with van der Waals surface area (Å²) in [4.78, 5) is 12.0. The summed E-state index contributed by atoms with van der Waals surface area (Å²) in [7, 11) is 0. The van der Waals surface area contributed by atoms with E-state index in [1.807, 2.05) is 0 Å². The number of carbonyl (C=O) groups is 1. The van der Waals surface area contributed by atoms with Crippen molar-refractivity contribution in [2.75, 3.05) is 16.4 Å². The van der Waals surface area contributed by atoms with Gasteiger partial charge >= 0.3 is 0 Å². The summed E-state index contributed by atoms with van der Waals surface area (Å²) in [6.45, 7) is 0.456. The minimum atomic E-state index is -0.867. The molecule has 28 heavy (non-hydrogen) atoms. The Labute approximate surface area is 174 Å². The van der Waals surface area contributed by atoms with E-state index >= 15 is 0 Å². The van der Waals surface area contributed by atoms with Gasteiger partial charge in [0.15, 0.2) is 10.2 Å². The molecule has 1 heterocycles. The largest absolute Gasteiger partial charge is 0.356 e. The Morgan fingerprint density at radius 3 is 2.57 bits per heavy atom. The predicted octanol–water partition coefficient (Wildman–Crippen LogP) is 5.06. The van der Waals surface area contributed by atoms with Gasteiger partial charge in [0, 0.05) is 17.1 Å². The lowest BCUT2D eigenvalue weighted by Crippen LogP contribution is -2.15. The molecule has 11 heteroatoms. The summed E-state index contributed by atoms with van der Waals surface area (Å²) in [5.74, 6) is -2.40. The minimum absolute atomic E-state index is 0.0180. The zero-order chi connectivity index (χ0) is 20.1. The molecule has 0 saturated heterocycles. The molecule has 0 atom stereocenters. The number of carbonyl (C=O) groups excluding carboxylic acids is 1. The van der Waals surface area contributed by atoms with E-state index in [0.717, 1.165) is 23.4 Å². The SMILES string of the molecule is O=C(CSc1nnc(NCc2ccc(F)cc2)s1)Nc1c(F)cc(F)cc1Br. The lowest BCUT2D eigenvalue weighted by molar-refractivity contribution is -0.113. The number of rotatable bonds is 7. The summed E-state index contributed by atoms with van der Waals surface area (Å²) in [6.07, 6.45) is 0. The standard InChI is InChI=1S/C17H12BrF3N4OS2/c18-12-5-11(20)6-13(21)15(12)23-14(26)8-27-17-25-24-16(28-17)22-7-9-1-3-10(19)4-2-9/h1-6H,7-8H2,(H,22,24)(H,23,26). The van der Waals surface area contributed by atoms with Gasteiger partial charge < -0.3 is 10.6 Å². The van der Waals surface area contributed by atoms with Crippen molar-refractivity contribution >= 4 is 55.8 Å². The molecular weight excluding hydrogens is 477 g/mol. The van der Waals surface area contributed by atoms with Crippen molar-refractivity contribution in [3.63, 3.8) is 0 Å². The highest BCUT2D eigenvalue weighted by Crippen LogP contribution is 2.29. The number of hydrogen-bond donors (Lipinski definition) is 2. The summed E-state index contributed by atoms with van der Waals surface area (Å²) in [5, 5.41) is 14.0. The number of halogens is 4. The highest BCUT2D eigenvalue weighted by molar-refractivity contribution is 9.10. The number of nitrogens with zero attached hydrogens (tertiary/aromatic N) is 2. The van der Waals surface area contributed by atoms with Crippen LogP contribution in [0.15, 0.2) is 45.2 Å². The normalized spacial score (nSPS) is 10.7. The molecular formula is C17H12BrF3N4OS2. The fourth-order valence-corrected chi connectivity index (χ4v) is 4.14. The first-order valence-corrected chi connectivity index (χ1v) is 10.4. The second-order valence-electron chi connectivity index (χ2n) is 5.43. The molecule has 0 unspecified atom stereocenters. The lowest BCUT2D eigenvalue weighted by atomic mass is 10.2. The van der Waals surface area contributed by atoms with Gasteiger partial charge in [-0.3, -0.25) is 4.79 Å². The zero-order valence-electron chi connectivity index (χ0n) is 14.0. The van der Waals surface area contributed by atoms with Crippen molar-refractivity contribution in [1.29, 1.82) is 0 Å². The third-order valence-electron chi connectivity index (χ3n) is 3.36. The van der Waals surface area contributed by atoms with Gasteiger partial charge in [-0.2, -0.15) is 0 Å². The van der Waals surface area contributed by atoms with Crippen molar-refractivity contribution in [2.24, 2.45) is 0 Å². The van der Waals surface area contributed by atoms with E-state index in [0.29, 0.717) is 22.1 Å². The van der Waals surface area contributed by atoms with Gasteiger partial charge in [0.2, 0.25) is 11.0 Å². The first-order chi connectivity index (χ1) is 13.4.